The predicted octanol–water partition coefficient (Wildman–Crippen LogP) is 9.26. The summed E-state index contributed by atoms with van der Waals surface area (Å²) >= 11 is 1.77. The van der Waals surface area contributed by atoms with Crippen molar-refractivity contribution in [3.8, 4) is 28.2 Å². The Balaban J connectivity index is 1.75. The lowest BCUT2D eigenvalue weighted by molar-refractivity contribution is -0.633. The van der Waals surface area contributed by atoms with Crippen LogP contribution in [-0.2, 0) is 7.05 Å². The zero-order chi connectivity index (χ0) is 27.4. The Morgan fingerprint density at radius 2 is 1.41 bits per heavy atom. The van der Waals surface area contributed by atoms with Gasteiger partial charge in [0.05, 0.1) is 27.8 Å². The molecule has 0 spiro atoms. The van der Waals surface area contributed by atoms with Gasteiger partial charge in [-0.3, -0.25) is 0 Å². The number of rotatable bonds is 5. The van der Waals surface area contributed by atoms with Gasteiger partial charge in [0.15, 0.2) is 11.0 Å². The van der Waals surface area contributed by atoms with E-state index in [-0.39, 0.29) is 0 Å². The maximum absolute atomic E-state index is 4.86. The van der Waals surface area contributed by atoms with E-state index in [1.165, 1.54) is 60.6 Å². The molecule has 0 atom stereocenters. The van der Waals surface area contributed by atoms with Gasteiger partial charge in [-0.15, -0.1) is 11.3 Å². The van der Waals surface area contributed by atoms with E-state index < -0.39 is 0 Å². The fraction of sp³-hybridized carbons (Fsp3) is 0.257. The summed E-state index contributed by atoms with van der Waals surface area (Å²) in [5.74, 6) is 1.90. The zero-order valence-corrected chi connectivity index (χ0v) is 24.7. The number of aromatic nitrogens is 3. The molecular weight excluding hydrogens is 494 g/mol. The molecule has 0 aliphatic heterocycles. The second-order valence-corrected chi connectivity index (χ2v) is 12.5. The molecule has 39 heavy (non-hydrogen) atoms. The minimum absolute atomic E-state index is 0.352. The summed E-state index contributed by atoms with van der Waals surface area (Å²) in [7, 11) is 2.20. The van der Waals surface area contributed by atoms with E-state index in [1.54, 1.807) is 11.3 Å². The molecule has 2 heterocycles. The third kappa shape index (κ3) is 4.28. The molecule has 4 aromatic carbocycles. The van der Waals surface area contributed by atoms with E-state index >= 15 is 0 Å². The number of benzene rings is 4. The second-order valence-electron chi connectivity index (χ2n) is 11.3. The first-order valence-corrected chi connectivity index (χ1v) is 14.7. The van der Waals surface area contributed by atoms with Crippen molar-refractivity contribution in [2.75, 3.05) is 0 Å². The quantitative estimate of drug-likeness (QED) is 0.204. The lowest BCUT2D eigenvalue weighted by Gasteiger charge is -2.21. The van der Waals surface area contributed by atoms with E-state index in [0.29, 0.717) is 11.8 Å². The first-order valence-electron chi connectivity index (χ1n) is 13.9. The molecule has 4 heteroatoms. The van der Waals surface area contributed by atoms with Crippen molar-refractivity contribution >= 4 is 32.6 Å². The van der Waals surface area contributed by atoms with Crippen LogP contribution in [0.5, 0.6) is 0 Å². The Hall–Kier alpha value is -3.76. The van der Waals surface area contributed by atoms with Gasteiger partial charge in [0, 0.05) is 11.1 Å². The summed E-state index contributed by atoms with van der Waals surface area (Å²) in [6, 6.07) is 29.0. The third-order valence-corrected chi connectivity index (χ3v) is 8.77. The van der Waals surface area contributed by atoms with E-state index in [0.717, 1.165) is 10.5 Å². The minimum atomic E-state index is 0.352. The third-order valence-electron chi connectivity index (χ3n) is 7.84. The maximum Gasteiger partial charge on any atom is 0.295 e. The van der Waals surface area contributed by atoms with E-state index in [2.05, 4.69) is 137 Å². The monoisotopic (exact) mass is 530 g/mol. The van der Waals surface area contributed by atoms with E-state index in [4.69, 9.17) is 4.98 Å². The first-order chi connectivity index (χ1) is 18.7. The van der Waals surface area contributed by atoms with Gasteiger partial charge in [0.2, 0.25) is 0 Å². The van der Waals surface area contributed by atoms with Crippen LogP contribution in [0.4, 0.5) is 0 Å². The number of fused-ring (bicyclic) bond motifs is 2. The highest BCUT2D eigenvalue weighted by atomic mass is 32.1. The lowest BCUT2D eigenvalue weighted by Crippen LogP contribution is -2.30. The largest absolute Gasteiger partial charge is 0.295 e. The normalized spacial score (nSPS) is 11.9. The summed E-state index contributed by atoms with van der Waals surface area (Å²) in [5, 5.41) is 1.10. The lowest BCUT2D eigenvalue weighted by atomic mass is 9.88. The number of imidazole rings is 1. The number of nitrogens with zero attached hydrogens (tertiary/aromatic N) is 3. The molecule has 0 saturated carbocycles. The number of thiazole rings is 1. The summed E-state index contributed by atoms with van der Waals surface area (Å²) in [6.07, 6.45) is 0. The number of hydrogen-bond donors (Lipinski definition) is 0. The van der Waals surface area contributed by atoms with Crippen molar-refractivity contribution in [2.24, 2.45) is 7.05 Å². The van der Waals surface area contributed by atoms with Crippen LogP contribution in [0.2, 0.25) is 0 Å². The molecule has 3 nitrogen and oxygen atoms in total. The standard InChI is InChI=1S/C35H36N3S/c1-21(2)27-18-26(25-13-9-8-10-14-25)19-28(22(3)4)34(27)38-32-16-12-11-15-31(32)37(7)35(38)29-20-30-33(17-23(29)5)39-24(6)36-30/h8-22H,1-7H3/q+1. The first kappa shape index (κ1) is 25.5. The fourth-order valence-corrected chi connectivity index (χ4v) is 6.80. The summed E-state index contributed by atoms with van der Waals surface area (Å²) in [6.45, 7) is 13.6. The molecule has 0 bridgehead atoms. The summed E-state index contributed by atoms with van der Waals surface area (Å²) in [4.78, 5) is 4.86. The van der Waals surface area contributed by atoms with Gasteiger partial charge in [0.1, 0.15) is 5.69 Å². The SMILES string of the molecule is Cc1nc2cc(-c3n(-c4c(C(C)C)cc(-c5ccccc5)cc4C(C)C)c4ccccc4[n+]3C)c(C)cc2s1. The van der Waals surface area contributed by atoms with Crippen LogP contribution < -0.4 is 4.57 Å². The van der Waals surface area contributed by atoms with Gasteiger partial charge in [-0.2, -0.15) is 4.57 Å². The van der Waals surface area contributed by atoms with Crippen LogP contribution in [0.1, 0.15) is 61.2 Å². The van der Waals surface area contributed by atoms with Gasteiger partial charge in [-0.05, 0) is 78.8 Å². The van der Waals surface area contributed by atoms with Crippen LogP contribution in [0.15, 0.2) is 78.9 Å². The Labute approximate surface area is 235 Å². The molecule has 0 radical (unpaired) electrons. The number of hydrogen-bond acceptors (Lipinski definition) is 2. The highest BCUT2D eigenvalue weighted by molar-refractivity contribution is 7.18. The van der Waals surface area contributed by atoms with Crippen molar-refractivity contribution in [3.63, 3.8) is 0 Å². The fourth-order valence-electron chi connectivity index (χ4n) is 5.89. The Morgan fingerprint density at radius 1 is 0.769 bits per heavy atom. The average Bonchev–Trinajstić information content (AvgIpc) is 3.43. The minimum Gasteiger partial charge on any atom is -0.241 e. The Kier molecular flexibility index (Phi) is 6.39. The van der Waals surface area contributed by atoms with Crippen LogP contribution in [0.3, 0.4) is 0 Å². The number of aryl methyl sites for hydroxylation is 3. The molecule has 0 unspecified atom stereocenters. The molecule has 2 aromatic heterocycles. The molecular formula is C35H36N3S+. The predicted molar refractivity (Wildman–Crippen MR) is 166 cm³/mol. The summed E-state index contributed by atoms with van der Waals surface area (Å²) < 4.78 is 6.14. The van der Waals surface area contributed by atoms with Crippen molar-refractivity contribution in [1.82, 2.24) is 9.55 Å². The van der Waals surface area contributed by atoms with Gasteiger partial charge >= 0.3 is 0 Å². The van der Waals surface area contributed by atoms with Crippen molar-refractivity contribution in [2.45, 2.75) is 53.4 Å². The highest BCUT2D eigenvalue weighted by Crippen LogP contribution is 2.40. The van der Waals surface area contributed by atoms with E-state index in [1.807, 2.05) is 0 Å². The average molecular weight is 531 g/mol. The molecule has 6 aromatic rings. The van der Waals surface area contributed by atoms with Gasteiger partial charge in [0.25, 0.3) is 5.82 Å². The molecule has 0 aliphatic carbocycles. The maximum atomic E-state index is 4.86. The molecule has 0 fully saturated rings. The van der Waals surface area contributed by atoms with Crippen molar-refractivity contribution in [3.05, 3.63) is 101 Å². The molecule has 196 valence electrons. The topological polar surface area (TPSA) is 21.7 Å². The molecule has 0 N–H and O–H groups in total. The van der Waals surface area contributed by atoms with Crippen LogP contribution in [0.25, 0.3) is 49.5 Å². The molecule has 0 aliphatic rings. The smallest absolute Gasteiger partial charge is 0.241 e. The van der Waals surface area contributed by atoms with Gasteiger partial charge < -0.3 is 0 Å². The van der Waals surface area contributed by atoms with Crippen molar-refractivity contribution in [1.29, 1.82) is 0 Å². The second kappa shape index (κ2) is 9.77. The molecule has 6 rings (SSSR count). The van der Waals surface area contributed by atoms with Crippen LogP contribution in [-0.4, -0.2) is 9.55 Å². The van der Waals surface area contributed by atoms with E-state index in [9.17, 15) is 0 Å². The molecule has 0 amide bonds. The van der Waals surface area contributed by atoms with Gasteiger partial charge in [-0.25, -0.2) is 9.55 Å². The Bertz CT molecular complexity index is 1810. The molecule has 0 saturated heterocycles. The highest BCUT2D eigenvalue weighted by Gasteiger charge is 2.32. The van der Waals surface area contributed by atoms with Crippen LogP contribution >= 0.6 is 11.3 Å². The zero-order valence-electron chi connectivity index (χ0n) is 23.9. The van der Waals surface area contributed by atoms with Crippen molar-refractivity contribution < 1.29 is 4.57 Å². The summed E-state index contributed by atoms with van der Waals surface area (Å²) in [5.41, 5.74) is 12.6. The Morgan fingerprint density at radius 3 is 2.08 bits per heavy atom. The van der Waals surface area contributed by atoms with Crippen LogP contribution in [0, 0.1) is 13.8 Å². The number of para-hydroxylation sites is 2. The van der Waals surface area contributed by atoms with Gasteiger partial charge in [-0.1, -0.05) is 70.2 Å².